The predicted octanol–water partition coefficient (Wildman–Crippen LogP) is 2.90. The molecule has 0 unspecified atom stereocenters. The Morgan fingerprint density at radius 2 is 1.65 bits per heavy atom. The molecule has 17 heavy (non-hydrogen) atoms. The minimum Gasteiger partial charge on any atom is -0.283 e. The molecule has 0 saturated carbocycles. The minimum absolute atomic E-state index is 0.837. The maximum atomic E-state index is 4.14. The van der Waals surface area contributed by atoms with Crippen molar-refractivity contribution in [2.75, 3.05) is 0 Å². The number of rotatable bonds is 2. The van der Waals surface area contributed by atoms with Crippen LogP contribution in [0.15, 0.2) is 54.7 Å². The summed E-state index contributed by atoms with van der Waals surface area (Å²) in [7, 11) is 0. The minimum atomic E-state index is 0.837. The molecule has 0 N–H and O–H groups in total. The van der Waals surface area contributed by atoms with E-state index < -0.39 is 0 Å². The Balaban J connectivity index is 1.98. The molecule has 0 radical (unpaired) electrons. The van der Waals surface area contributed by atoms with Gasteiger partial charge in [-0.25, -0.2) is 0 Å². The lowest BCUT2D eigenvalue weighted by atomic mass is 10.2. The van der Waals surface area contributed by atoms with Gasteiger partial charge in [0, 0.05) is 6.20 Å². The summed E-state index contributed by atoms with van der Waals surface area (Å²) in [5.41, 5.74) is 2.01. The van der Waals surface area contributed by atoms with Crippen LogP contribution in [0.2, 0.25) is 0 Å². The third-order valence-corrected chi connectivity index (χ3v) is 2.56. The molecule has 3 aromatic rings. The van der Waals surface area contributed by atoms with Crippen molar-refractivity contribution < 1.29 is 0 Å². The second kappa shape index (κ2) is 4.22. The number of hydrogen-bond acceptors (Lipinski definition) is 2. The van der Waals surface area contributed by atoms with Crippen molar-refractivity contribution in [3.63, 3.8) is 0 Å². The van der Waals surface area contributed by atoms with E-state index in [1.54, 1.807) is 0 Å². The monoisotopic (exact) mass is 221 g/mol. The van der Waals surface area contributed by atoms with Crippen molar-refractivity contribution in [2.45, 2.75) is 0 Å². The van der Waals surface area contributed by atoms with Crippen LogP contribution in [0.3, 0.4) is 0 Å². The number of aromatic nitrogens is 3. The lowest BCUT2D eigenvalue weighted by molar-refractivity contribution is 1.08. The van der Waals surface area contributed by atoms with Gasteiger partial charge in [0.05, 0.1) is 0 Å². The summed E-state index contributed by atoms with van der Waals surface area (Å²) in [6, 6.07) is 16.0. The van der Waals surface area contributed by atoms with Gasteiger partial charge >= 0.3 is 0 Å². The summed E-state index contributed by atoms with van der Waals surface area (Å²) in [5, 5.41) is 8.23. The smallest absolute Gasteiger partial charge is 0.161 e. The molecular formula is C14H11N3. The van der Waals surface area contributed by atoms with Gasteiger partial charge in [-0.2, -0.15) is 0 Å². The first-order valence-corrected chi connectivity index (χ1v) is 5.46. The van der Waals surface area contributed by atoms with Crippen LogP contribution in [-0.4, -0.2) is 14.6 Å². The van der Waals surface area contributed by atoms with E-state index in [0.717, 1.165) is 17.0 Å². The van der Waals surface area contributed by atoms with Crippen LogP contribution in [0.5, 0.6) is 0 Å². The normalized spacial score (nSPS) is 11.3. The zero-order valence-corrected chi connectivity index (χ0v) is 9.19. The Bertz CT molecular complexity index is 653. The van der Waals surface area contributed by atoms with Gasteiger partial charge in [-0.1, -0.05) is 42.5 Å². The second-order valence-corrected chi connectivity index (χ2v) is 3.73. The topological polar surface area (TPSA) is 30.2 Å². The highest BCUT2D eigenvalue weighted by molar-refractivity contribution is 5.67. The summed E-state index contributed by atoms with van der Waals surface area (Å²) in [5.74, 6) is 0.837. The summed E-state index contributed by atoms with van der Waals surface area (Å²) < 4.78 is 1.96. The lowest BCUT2D eigenvalue weighted by Crippen LogP contribution is -1.85. The number of pyridine rings is 1. The molecule has 0 fully saturated rings. The molecule has 0 aliphatic rings. The first kappa shape index (κ1) is 9.78. The van der Waals surface area contributed by atoms with E-state index >= 15 is 0 Å². The zero-order chi connectivity index (χ0) is 11.5. The maximum Gasteiger partial charge on any atom is 0.161 e. The average Bonchev–Trinajstić information content (AvgIpc) is 2.81. The van der Waals surface area contributed by atoms with Crippen LogP contribution < -0.4 is 0 Å². The first-order chi connectivity index (χ1) is 8.43. The molecule has 0 atom stereocenters. The Morgan fingerprint density at radius 3 is 2.53 bits per heavy atom. The highest BCUT2D eigenvalue weighted by atomic mass is 15.2. The predicted molar refractivity (Wildman–Crippen MR) is 68.4 cm³/mol. The van der Waals surface area contributed by atoms with Gasteiger partial charge in [0.2, 0.25) is 0 Å². The quantitative estimate of drug-likeness (QED) is 0.666. The van der Waals surface area contributed by atoms with Crippen molar-refractivity contribution in [3.05, 3.63) is 66.1 Å². The van der Waals surface area contributed by atoms with Crippen LogP contribution >= 0.6 is 0 Å². The molecule has 1 aromatic carbocycles. The largest absolute Gasteiger partial charge is 0.283 e. The molecule has 0 saturated heterocycles. The molecule has 0 amide bonds. The van der Waals surface area contributed by atoms with Crippen LogP contribution in [0.25, 0.3) is 17.8 Å². The van der Waals surface area contributed by atoms with E-state index in [2.05, 4.69) is 22.3 Å². The van der Waals surface area contributed by atoms with E-state index in [1.165, 1.54) is 0 Å². The molecule has 82 valence electrons. The van der Waals surface area contributed by atoms with Gasteiger partial charge < -0.3 is 0 Å². The fourth-order valence-electron chi connectivity index (χ4n) is 1.71. The van der Waals surface area contributed by atoms with E-state index in [4.69, 9.17) is 0 Å². The summed E-state index contributed by atoms with van der Waals surface area (Å²) in [6.07, 6.45) is 5.96. The van der Waals surface area contributed by atoms with Crippen LogP contribution in [0.1, 0.15) is 11.4 Å². The summed E-state index contributed by atoms with van der Waals surface area (Å²) in [6.45, 7) is 0. The highest BCUT2D eigenvalue weighted by Gasteiger charge is 1.99. The van der Waals surface area contributed by atoms with Gasteiger partial charge in [-0.3, -0.25) is 4.40 Å². The Kier molecular flexibility index (Phi) is 2.43. The van der Waals surface area contributed by atoms with Crippen molar-refractivity contribution in [2.24, 2.45) is 0 Å². The number of nitrogens with zero attached hydrogens (tertiary/aromatic N) is 3. The molecule has 3 rings (SSSR count). The van der Waals surface area contributed by atoms with E-state index in [-0.39, 0.29) is 0 Å². The van der Waals surface area contributed by atoms with Gasteiger partial charge in [-0.15, -0.1) is 10.2 Å². The van der Waals surface area contributed by atoms with E-state index in [9.17, 15) is 0 Å². The standard InChI is InChI=1S/C14H11N3/c1-2-6-12(7-3-1)9-10-14-16-15-13-8-4-5-11-17(13)14/h1-11H/b10-9+. The molecule has 0 bridgehead atoms. The average molecular weight is 221 g/mol. The van der Waals surface area contributed by atoms with E-state index in [0.29, 0.717) is 0 Å². The van der Waals surface area contributed by atoms with Crippen molar-refractivity contribution >= 4 is 17.8 Å². The van der Waals surface area contributed by atoms with E-state index in [1.807, 2.05) is 59.1 Å². The molecule has 3 heteroatoms. The zero-order valence-electron chi connectivity index (χ0n) is 9.19. The molecule has 0 aliphatic heterocycles. The van der Waals surface area contributed by atoms with Gasteiger partial charge in [0.1, 0.15) is 0 Å². The van der Waals surface area contributed by atoms with Crippen molar-refractivity contribution in [1.82, 2.24) is 14.6 Å². The third kappa shape index (κ3) is 1.95. The SMILES string of the molecule is C(=C\c1nnc2ccccn12)/c1ccccc1. The molecular weight excluding hydrogens is 210 g/mol. The summed E-state index contributed by atoms with van der Waals surface area (Å²) in [4.78, 5) is 0. The fraction of sp³-hybridized carbons (Fsp3) is 0. The van der Waals surface area contributed by atoms with Gasteiger partial charge in [-0.05, 0) is 23.8 Å². The molecule has 2 heterocycles. The molecule has 3 nitrogen and oxygen atoms in total. The van der Waals surface area contributed by atoms with Crippen LogP contribution in [0, 0.1) is 0 Å². The molecule has 0 aliphatic carbocycles. The third-order valence-electron chi connectivity index (χ3n) is 2.56. The van der Waals surface area contributed by atoms with Crippen molar-refractivity contribution in [1.29, 1.82) is 0 Å². The first-order valence-electron chi connectivity index (χ1n) is 5.46. The second-order valence-electron chi connectivity index (χ2n) is 3.73. The van der Waals surface area contributed by atoms with Gasteiger partial charge in [0.15, 0.2) is 11.5 Å². The number of benzene rings is 1. The maximum absolute atomic E-state index is 4.14. The van der Waals surface area contributed by atoms with Crippen molar-refractivity contribution in [3.8, 4) is 0 Å². The fourth-order valence-corrected chi connectivity index (χ4v) is 1.71. The molecule has 0 spiro atoms. The number of fused-ring (bicyclic) bond motifs is 1. The Morgan fingerprint density at radius 1 is 0.824 bits per heavy atom. The number of hydrogen-bond donors (Lipinski definition) is 0. The lowest BCUT2D eigenvalue weighted by Gasteiger charge is -1.93. The Labute approximate surface area is 99.1 Å². The Hall–Kier alpha value is -2.42. The van der Waals surface area contributed by atoms with Crippen LogP contribution in [0.4, 0.5) is 0 Å². The highest BCUT2D eigenvalue weighted by Crippen LogP contribution is 2.08. The molecule has 2 aromatic heterocycles. The van der Waals surface area contributed by atoms with Crippen LogP contribution in [-0.2, 0) is 0 Å². The summed E-state index contributed by atoms with van der Waals surface area (Å²) >= 11 is 0. The van der Waals surface area contributed by atoms with Gasteiger partial charge in [0.25, 0.3) is 0 Å².